The molecular formula is C10H18O2. The molecule has 0 amide bonds. The lowest BCUT2D eigenvalue weighted by atomic mass is 10.3. The summed E-state index contributed by atoms with van der Waals surface area (Å²) in [4.78, 5) is 0. The van der Waals surface area contributed by atoms with Gasteiger partial charge in [-0.05, 0) is 12.5 Å². The van der Waals surface area contributed by atoms with Crippen molar-refractivity contribution >= 4 is 0 Å². The van der Waals surface area contributed by atoms with Crippen LogP contribution in [0.2, 0.25) is 0 Å². The second kappa shape index (κ2) is 8.34. The normalized spacial score (nSPS) is 14.2. The van der Waals surface area contributed by atoms with Crippen LogP contribution in [0.4, 0.5) is 0 Å². The minimum Gasteiger partial charge on any atom is -0.473 e. The van der Waals surface area contributed by atoms with Gasteiger partial charge in [0.25, 0.3) is 0 Å². The molecule has 0 aromatic carbocycles. The summed E-state index contributed by atoms with van der Waals surface area (Å²) in [5.41, 5.74) is 0. The number of aliphatic hydroxyl groups is 1. The summed E-state index contributed by atoms with van der Waals surface area (Å²) in [5, 5.41) is 9.11. The van der Waals surface area contributed by atoms with Crippen molar-refractivity contribution in [3.8, 4) is 0 Å². The summed E-state index contributed by atoms with van der Waals surface area (Å²) in [6, 6.07) is 0. The Labute approximate surface area is 74.6 Å². The van der Waals surface area contributed by atoms with Crippen LogP contribution in [0.15, 0.2) is 24.5 Å². The lowest BCUT2D eigenvalue weighted by Crippen LogP contribution is -2.06. The maximum Gasteiger partial charge on any atom is 0.196 e. The highest BCUT2D eigenvalue weighted by Crippen LogP contribution is 1.98. The van der Waals surface area contributed by atoms with Gasteiger partial charge in [0.15, 0.2) is 6.29 Å². The van der Waals surface area contributed by atoms with E-state index in [2.05, 4.69) is 6.92 Å². The Morgan fingerprint density at radius 3 is 2.67 bits per heavy atom. The number of rotatable bonds is 6. The Morgan fingerprint density at radius 1 is 1.33 bits per heavy atom. The average Bonchev–Trinajstić information content (AvgIpc) is 2.05. The Balaban J connectivity index is 3.39. The van der Waals surface area contributed by atoms with Gasteiger partial charge < -0.3 is 9.84 Å². The molecular weight excluding hydrogens is 152 g/mol. The SMILES string of the molecule is CCC=CC=COC(O)CCC. The molecule has 0 aliphatic rings. The molecule has 0 aromatic rings. The van der Waals surface area contributed by atoms with Gasteiger partial charge in [-0.3, -0.25) is 0 Å². The predicted octanol–water partition coefficient (Wildman–Crippen LogP) is 2.60. The molecule has 1 atom stereocenters. The van der Waals surface area contributed by atoms with E-state index < -0.39 is 6.29 Å². The molecule has 1 N–H and O–H groups in total. The highest BCUT2D eigenvalue weighted by atomic mass is 16.6. The van der Waals surface area contributed by atoms with E-state index in [9.17, 15) is 0 Å². The maximum atomic E-state index is 9.11. The Bertz CT molecular complexity index is 139. The van der Waals surface area contributed by atoms with E-state index in [4.69, 9.17) is 9.84 Å². The van der Waals surface area contributed by atoms with E-state index in [0.717, 1.165) is 12.8 Å². The standard InChI is InChI=1S/C10H18O2/c1-3-5-6-7-9-12-10(11)8-4-2/h5-7,9-11H,3-4,8H2,1-2H3. The van der Waals surface area contributed by atoms with Gasteiger partial charge in [-0.2, -0.15) is 0 Å². The maximum absolute atomic E-state index is 9.11. The average molecular weight is 170 g/mol. The largest absolute Gasteiger partial charge is 0.473 e. The first-order valence-electron chi connectivity index (χ1n) is 4.46. The quantitative estimate of drug-likeness (QED) is 0.377. The fourth-order valence-electron chi connectivity index (χ4n) is 0.711. The molecule has 0 bridgehead atoms. The van der Waals surface area contributed by atoms with Crippen molar-refractivity contribution in [3.05, 3.63) is 24.5 Å². The van der Waals surface area contributed by atoms with Gasteiger partial charge in [-0.25, -0.2) is 0 Å². The summed E-state index contributed by atoms with van der Waals surface area (Å²) in [7, 11) is 0. The van der Waals surface area contributed by atoms with Crippen LogP contribution in [0, 0.1) is 0 Å². The lowest BCUT2D eigenvalue weighted by molar-refractivity contribution is -0.0562. The second-order valence-corrected chi connectivity index (χ2v) is 2.54. The monoisotopic (exact) mass is 170 g/mol. The molecule has 2 nitrogen and oxygen atoms in total. The zero-order chi connectivity index (χ0) is 9.23. The van der Waals surface area contributed by atoms with Crippen LogP contribution in [0.1, 0.15) is 33.1 Å². The molecule has 2 heteroatoms. The zero-order valence-corrected chi connectivity index (χ0v) is 7.86. The van der Waals surface area contributed by atoms with Gasteiger partial charge in [-0.1, -0.05) is 32.4 Å². The lowest BCUT2D eigenvalue weighted by Gasteiger charge is -2.06. The predicted molar refractivity (Wildman–Crippen MR) is 50.6 cm³/mol. The minimum absolute atomic E-state index is 0.652. The molecule has 0 radical (unpaired) electrons. The Hall–Kier alpha value is -0.760. The molecule has 70 valence electrons. The van der Waals surface area contributed by atoms with Crippen LogP contribution < -0.4 is 0 Å². The van der Waals surface area contributed by atoms with Gasteiger partial charge >= 0.3 is 0 Å². The summed E-state index contributed by atoms with van der Waals surface area (Å²) < 4.78 is 4.95. The van der Waals surface area contributed by atoms with E-state index in [1.165, 1.54) is 6.26 Å². The molecule has 0 aliphatic heterocycles. The van der Waals surface area contributed by atoms with Crippen LogP contribution in [0.25, 0.3) is 0 Å². The first kappa shape index (κ1) is 11.2. The number of allylic oxidation sites excluding steroid dienone is 3. The highest BCUT2D eigenvalue weighted by molar-refractivity contribution is 4.99. The summed E-state index contributed by atoms with van der Waals surface area (Å²) >= 11 is 0. The Morgan fingerprint density at radius 2 is 2.08 bits per heavy atom. The van der Waals surface area contributed by atoms with Crippen LogP contribution in [-0.2, 0) is 4.74 Å². The summed E-state index contributed by atoms with van der Waals surface area (Å²) in [5.74, 6) is 0. The van der Waals surface area contributed by atoms with Crippen LogP contribution in [-0.4, -0.2) is 11.4 Å². The third kappa shape index (κ3) is 7.35. The van der Waals surface area contributed by atoms with Crippen LogP contribution >= 0.6 is 0 Å². The second-order valence-electron chi connectivity index (χ2n) is 2.54. The van der Waals surface area contributed by atoms with Crippen molar-refractivity contribution < 1.29 is 9.84 Å². The first-order chi connectivity index (χ1) is 5.81. The Kier molecular flexibility index (Phi) is 7.81. The van der Waals surface area contributed by atoms with Gasteiger partial charge in [-0.15, -0.1) is 0 Å². The van der Waals surface area contributed by atoms with Crippen molar-refractivity contribution in [2.45, 2.75) is 39.4 Å². The van der Waals surface area contributed by atoms with E-state index in [0.29, 0.717) is 6.42 Å². The molecule has 0 aromatic heterocycles. The van der Waals surface area contributed by atoms with Crippen molar-refractivity contribution in [3.63, 3.8) is 0 Å². The third-order valence-electron chi connectivity index (χ3n) is 1.33. The van der Waals surface area contributed by atoms with Gasteiger partial charge in [0.1, 0.15) is 0 Å². The molecule has 0 rings (SSSR count). The summed E-state index contributed by atoms with van der Waals surface area (Å²) in [6.07, 6.45) is 9.20. The van der Waals surface area contributed by atoms with Crippen LogP contribution in [0.3, 0.4) is 0 Å². The number of hydrogen-bond donors (Lipinski definition) is 1. The van der Waals surface area contributed by atoms with E-state index in [1.54, 1.807) is 6.08 Å². The van der Waals surface area contributed by atoms with E-state index >= 15 is 0 Å². The zero-order valence-electron chi connectivity index (χ0n) is 7.86. The smallest absolute Gasteiger partial charge is 0.196 e. The fourth-order valence-corrected chi connectivity index (χ4v) is 0.711. The molecule has 0 fully saturated rings. The van der Waals surface area contributed by atoms with Crippen molar-refractivity contribution in [2.75, 3.05) is 0 Å². The molecule has 0 saturated carbocycles. The molecule has 1 unspecified atom stereocenters. The van der Waals surface area contributed by atoms with Crippen molar-refractivity contribution in [1.82, 2.24) is 0 Å². The van der Waals surface area contributed by atoms with Crippen molar-refractivity contribution in [1.29, 1.82) is 0 Å². The fraction of sp³-hybridized carbons (Fsp3) is 0.600. The van der Waals surface area contributed by atoms with E-state index in [-0.39, 0.29) is 0 Å². The summed E-state index contributed by atoms with van der Waals surface area (Å²) in [6.45, 7) is 4.07. The van der Waals surface area contributed by atoms with E-state index in [1.807, 2.05) is 19.1 Å². The topological polar surface area (TPSA) is 29.5 Å². The number of aliphatic hydroxyl groups excluding tert-OH is 1. The minimum atomic E-state index is -0.652. The molecule has 12 heavy (non-hydrogen) atoms. The number of hydrogen-bond acceptors (Lipinski definition) is 2. The molecule has 0 saturated heterocycles. The molecule has 0 heterocycles. The number of ether oxygens (including phenoxy) is 1. The van der Waals surface area contributed by atoms with Gasteiger partial charge in [0.2, 0.25) is 0 Å². The van der Waals surface area contributed by atoms with Crippen molar-refractivity contribution in [2.24, 2.45) is 0 Å². The van der Waals surface area contributed by atoms with Gasteiger partial charge in [0, 0.05) is 6.42 Å². The molecule has 0 spiro atoms. The first-order valence-corrected chi connectivity index (χ1v) is 4.46. The highest BCUT2D eigenvalue weighted by Gasteiger charge is 1.97. The molecule has 0 aliphatic carbocycles. The third-order valence-corrected chi connectivity index (χ3v) is 1.33. The van der Waals surface area contributed by atoms with Gasteiger partial charge in [0.05, 0.1) is 6.26 Å². The van der Waals surface area contributed by atoms with Crippen LogP contribution in [0.5, 0.6) is 0 Å².